The maximum Gasteiger partial charge on any atom is 0.440 e. The molecule has 2 nitrogen and oxygen atoms in total. The molecule has 0 aliphatic carbocycles. The lowest BCUT2D eigenvalue weighted by Crippen LogP contribution is -2.61. The molecule has 9 heteroatoms. The van der Waals surface area contributed by atoms with Crippen molar-refractivity contribution in [2.75, 3.05) is 0 Å². The predicted molar refractivity (Wildman–Crippen MR) is 32.7 cm³/mol. The van der Waals surface area contributed by atoms with Gasteiger partial charge in [0.1, 0.15) is 0 Å². The molecule has 0 heterocycles. The first kappa shape index (κ1) is 13.7. The van der Waals surface area contributed by atoms with E-state index in [1.54, 1.807) is 6.58 Å². The summed E-state index contributed by atoms with van der Waals surface area (Å²) in [6.07, 6.45) is -6.47. The topological polar surface area (TPSA) is 37.3 Å². The Bertz CT molecular complexity index is 294. The largest absolute Gasteiger partial charge is 0.478 e. The van der Waals surface area contributed by atoms with Crippen LogP contribution in [0.25, 0.3) is 0 Å². The van der Waals surface area contributed by atoms with Crippen LogP contribution in [0.2, 0.25) is 0 Å². The fourth-order valence-corrected chi connectivity index (χ4v) is 0.620. The second-order valence-corrected chi connectivity index (χ2v) is 2.44. The van der Waals surface area contributed by atoms with Gasteiger partial charge in [-0.1, -0.05) is 6.58 Å². The fraction of sp³-hybridized carbons (Fsp3) is 0.500. The predicted octanol–water partition coefficient (Wildman–Crippen LogP) is 2.46. The average Bonchev–Trinajstić information content (AvgIpc) is 1.99. The molecule has 0 amide bonds. The molecule has 0 rings (SSSR count). The zero-order chi connectivity index (χ0) is 12.7. The van der Waals surface area contributed by atoms with E-state index in [-0.39, 0.29) is 0 Å². The lowest BCUT2D eigenvalue weighted by Gasteiger charge is -2.29. The van der Waals surface area contributed by atoms with Crippen molar-refractivity contribution in [3.05, 3.63) is 12.4 Å². The molecule has 0 radical (unpaired) electrons. The number of carboxylic acid groups (broad SMARTS) is 1. The minimum absolute atomic E-state index is 1.77. The van der Waals surface area contributed by atoms with Crippen molar-refractivity contribution in [3.63, 3.8) is 0 Å². The van der Waals surface area contributed by atoms with Crippen LogP contribution in [-0.2, 0) is 4.79 Å². The summed E-state index contributed by atoms with van der Waals surface area (Å²) in [6.45, 7) is 1.77. The highest BCUT2D eigenvalue weighted by Gasteiger charge is 2.78. The van der Waals surface area contributed by atoms with E-state index in [0.29, 0.717) is 0 Å². The third-order valence-corrected chi connectivity index (χ3v) is 1.46. The van der Waals surface area contributed by atoms with Crippen LogP contribution >= 0.6 is 0 Å². The molecule has 0 aromatic rings. The van der Waals surface area contributed by atoms with Crippen molar-refractivity contribution in [3.8, 4) is 0 Å². The van der Waals surface area contributed by atoms with Crippen molar-refractivity contribution in [2.24, 2.45) is 0 Å². The summed E-state index contributed by atoms with van der Waals surface area (Å²) in [5.74, 6) is -12.5. The number of allylic oxidation sites excluding steroid dienone is 1. The summed E-state index contributed by atoms with van der Waals surface area (Å²) in [6, 6.07) is 0. The quantitative estimate of drug-likeness (QED) is 0.769. The highest BCUT2D eigenvalue weighted by atomic mass is 19.4. The number of carbonyl (C=O) groups is 1. The number of carboxylic acids is 1. The van der Waals surface area contributed by atoms with Gasteiger partial charge in [0, 0.05) is 0 Å². The maximum absolute atomic E-state index is 12.7. The summed E-state index contributed by atoms with van der Waals surface area (Å²) in [5, 5.41) is 7.77. The molecule has 15 heavy (non-hydrogen) atoms. The van der Waals surface area contributed by atoms with Gasteiger partial charge >= 0.3 is 23.7 Å². The summed E-state index contributed by atoms with van der Waals surface area (Å²) in [5.41, 5.74) is -6.04. The van der Waals surface area contributed by atoms with Crippen LogP contribution in [-0.4, -0.2) is 28.8 Å². The Kier molecular flexibility index (Phi) is 3.10. The summed E-state index contributed by atoms with van der Waals surface area (Å²) >= 11 is 0. The Labute approximate surface area is 78.0 Å². The Hall–Kier alpha value is -1.28. The summed E-state index contributed by atoms with van der Waals surface area (Å²) in [4.78, 5) is 9.84. The molecular formula is C6H3F7O2. The van der Waals surface area contributed by atoms with E-state index in [9.17, 15) is 35.5 Å². The van der Waals surface area contributed by atoms with E-state index < -0.39 is 29.6 Å². The standard InChI is InChI=1S/C6H3F7O2/c1-2(7)5(9,10)4(8,3(14)15)6(11,12)13/h1H2,(H,14,15). The molecule has 88 valence electrons. The number of rotatable bonds is 3. The number of hydrogen-bond acceptors (Lipinski definition) is 1. The maximum atomic E-state index is 12.7. The molecule has 0 aromatic carbocycles. The Morgan fingerprint density at radius 2 is 1.40 bits per heavy atom. The van der Waals surface area contributed by atoms with E-state index >= 15 is 0 Å². The van der Waals surface area contributed by atoms with Gasteiger partial charge in [-0.3, -0.25) is 0 Å². The van der Waals surface area contributed by atoms with Gasteiger partial charge in [-0.05, 0) is 0 Å². The molecule has 0 saturated heterocycles. The second kappa shape index (κ2) is 3.38. The molecule has 0 bridgehead atoms. The minimum Gasteiger partial charge on any atom is -0.478 e. The average molecular weight is 240 g/mol. The molecule has 1 N–H and O–H groups in total. The van der Waals surface area contributed by atoms with Crippen LogP contribution < -0.4 is 0 Å². The van der Waals surface area contributed by atoms with E-state index in [1.807, 2.05) is 0 Å². The van der Waals surface area contributed by atoms with Gasteiger partial charge in [-0.15, -0.1) is 0 Å². The van der Waals surface area contributed by atoms with Crippen molar-refractivity contribution >= 4 is 5.97 Å². The molecule has 1 unspecified atom stereocenters. The smallest absolute Gasteiger partial charge is 0.440 e. The highest BCUT2D eigenvalue weighted by Crippen LogP contribution is 2.48. The SMILES string of the molecule is C=C(F)C(F)(F)C(F)(C(=O)O)C(F)(F)F. The molecule has 0 aliphatic rings. The number of halogens is 7. The summed E-state index contributed by atoms with van der Waals surface area (Å²) in [7, 11) is 0. The third kappa shape index (κ3) is 1.77. The van der Waals surface area contributed by atoms with Crippen LogP contribution in [0.4, 0.5) is 30.7 Å². The number of alkyl halides is 6. The monoisotopic (exact) mass is 240 g/mol. The van der Waals surface area contributed by atoms with Crippen LogP contribution in [0.3, 0.4) is 0 Å². The third-order valence-electron chi connectivity index (χ3n) is 1.46. The highest BCUT2D eigenvalue weighted by molar-refractivity contribution is 5.80. The molecule has 1 atom stereocenters. The first-order valence-electron chi connectivity index (χ1n) is 3.10. The van der Waals surface area contributed by atoms with Crippen LogP contribution in [0.5, 0.6) is 0 Å². The molecule has 0 aliphatic heterocycles. The van der Waals surface area contributed by atoms with Gasteiger partial charge in [0.15, 0.2) is 5.83 Å². The van der Waals surface area contributed by atoms with E-state index in [2.05, 4.69) is 0 Å². The van der Waals surface area contributed by atoms with Crippen LogP contribution in [0.1, 0.15) is 0 Å². The second-order valence-electron chi connectivity index (χ2n) is 2.44. The summed E-state index contributed by atoms with van der Waals surface area (Å²) < 4.78 is 84.7. The Balaban J connectivity index is 5.73. The van der Waals surface area contributed by atoms with Crippen molar-refractivity contribution in [1.82, 2.24) is 0 Å². The minimum atomic E-state index is -6.47. The van der Waals surface area contributed by atoms with E-state index in [1.165, 1.54) is 0 Å². The van der Waals surface area contributed by atoms with E-state index in [4.69, 9.17) is 5.11 Å². The van der Waals surface area contributed by atoms with Gasteiger partial charge in [-0.2, -0.15) is 22.0 Å². The van der Waals surface area contributed by atoms with Gasteiger partial charge in [-0.25, -0.2) is 13.6 Å². The van der Waals surface area contributed by atoms with Gasteiger partial charge < -0.3 is 5.11 Å². The van der Waals surface area contributed by atoms with Gasteiger partial charge in [0.2, 0.25) is 0 Å². The molecular weight excluding hydrogens is 237 g/mol. The van der Waals surface area contributed by atoms with Crippen LogP contribution in [0, 0.1) is 0 Å². The lowest BCUT2D eigenvalue weighted by atomic mass is 9.96. The zero-order valence-electron chi connectivity index (χ0n) is 6.71. The first-order valence-corrected chi connectivity index (χ1v) is 3.10. The fourth-order valence-electron chi connectivity index (χ4n) is 0.620. The number of hydrogen-bond donors (Lipinski definition) is 1. The lowest BCUT2D eigenvalue weighted by molar-refractivity contribution is -0.289. The molecule has 0 spiro atoms. The molecule has 0 saturated carbocycles. The normalized spacial score (nSPS) is 17.0. The van der Waals surface area contributed by atoms with E-state index in [0.717, 1.165) is 0 Å². The van der Waals surface area contributed by atoms with Crippen LogP contribution in [0.15, 0.2) is 12.4 Å². The number of aliphatic carboxylic acids is 1. The van der Waals surface area contributed by atoms with Crippen molar-refractivity contribution in [2.45, 2.75) is 17.8 Å². The van der Waals surface area contributed by atoms with Crippen molar-refractivity contribution in [1.29, 1.82) is 0 Å². The first-order chi connectivity index (χ1) is 6.39. The molecule has 0 fully saturated rings. The molecule has 0 aromatic heterocycles. The Morgan fingerprint density at radius 3 is 1.47 bits per heavy atom. The van der Waals surface area contributed by atoms with Gasteiger partial charge in [0.05, 0.1) is 0 Å². The Morgan fingerprint density at radius 1 is 1.07 bits per heavy atom. The zero-order valence-corrected chi connectivity index (χ0v) is 6.71. The van der Waals surface area contributed by atoms with Gasteiger partial charge in [0.25, 0.3) is 0 Å². The van der Waals surface area contributed by atoms with Crippen molar-refractivity contribution < 1.29 is 40.6 Å².